The molecular weight excluding hydrogens is 166 g/mol. The summed E-state index contributed by atoms with van der Waals surface area (Å²) >= 11 is 0. The Labute approximate surface area is 76.0 Å². The molecule has 1 fully saturated rings. The second-order valence-corrected chi connectivity index (χ2v) is 3.93. The summed E-state index contributed by atoms with van der Waals surface area (Å²) in [5.74, 6) is -0.0213. The average Bonchev–Trinajstić information content (AvgIpc) is 2.80. The highest BCUT2D eigenvalue weighted by atomic mass is 16.3. The molecule has 0 atom stereocenters. The van der Waals surface area contributed by atoms with Crippen molar-refractivity contribution < 1.29 is 10.2 Å². The van der Waals surface area contributed by atoms with Crippen LogP contribution in [0.5, 0.6) is 11.5 Å². The van der Waals surface area contributed by atoms with Gasteiger partial charge in [-0.1, -0.05) is 0 Å². The Hall–Kier alpha value is -1.22. The lowest BCUT2D eigenvalue weighted by atomic mass is 10.0. The second-order valence-electron chi connectivity index (χ2n) is 3.93. The van der Waals surface area contributed by atoms with Crippen molar-refractivity contribution in [2.75, 3.05) is 0 Å². The van der Waals surface area contributed by atoms with Crippen molar-refractivity contribution in [2.45, 2.75) is 24.9 Å². The molecule has 0 saturated heterocycles. The Bertz CT molecular complexity index is 383. The summed E-state index contributed by atoms with van der Waals surface area (Å²) in [7, 11) is 0. The molecule has 13 heavy (non-hydrogen) atoms. The van der Waals surface area contributed by atoms with E-state index in [1.807, 2.05) is 0 Å². The van der Waals surface area contributed by atoms with Crippen LogP contribution in [-0.4, -0.2) is 10.2 Å². The van der Waals surface area contributed by atoms with Gasteiger partial charge in [0.25, 0.3) is 0 Å². The predicted molar refractivity (Wildman–Crippen MR) is 47.5 cm³/mol. The first-order chi connectivity index (χ1) is 6.21. The van der Waals surface area contributed by atoms with Gasteiger partial charge < -0.3 is 15.5 Å². The maximum Gasteiger partial charge on any atom is 0.157 e. The van der Waals surface area contributed by atoms with E-state index >= 15 is 0 Å². The van der Waals surface area contributed by atoms with Crippen LogP contribution in [0.2, 0.25) is 0 Å². The van der Waals surface area contributed by atoms with Gasteiger partial charge in [0.1, 0.15) is 0 Å². The molecule has 3 rings (SSSR count). The second kappa shape index (κ2) is 1.99. The minimum Gasteiger partial charge on any atom is -0.504 e. The molecule has 0 unspecified atom stereocenters. The monoisotopic (exact) mass is 177 g/mol. The van der Waals surface area contributed by atoms with Crippen molar-refractivity contribution in [3.63, 3.8) is 0 Å². The van der Waals surface area contributed by atoms with Crippen LogP contribution < -0.4 is 5.32 Å². The van der Waals surface area contributed by atoms with E-state index in [1.54, 1.807) is 12.1 Å². The Morgan fingerprint density at radius 2 is 1.85 bits per heavy atom. The molecule has 1 spiro atoms. The fourth-order valence-electron chi connectivity index (χ4n) is 2.14. The summed E-state index contributed by atoms with van der Waals surface area (Å²) in [5, 5.41) is 22.1. The third-order valence-electron chi connectivity index (χ3n) is 3.08. The van der Waals surface area contributed by atoms with Crippen molar-refractivity contribution in [3.8, 4) is 11.5 Å². The highest BCUT2D eigenvalue weighted by molar-refractivity contribution is 5.52. The molecule has 0 radical (unpaired) electrons. The van der Waals surface area contributed by atoms with Crippen molar-refractivity contribution in [1.82, 2.24) is 5.32 Å². The Morgan fingerprint density at radius 3 is 2.54 bits per heavy atom. The van der Waals surface area contributed by atoms with Crippen LogP contribution >= 0.6 is 0 Å². The minimum atomic E-state index is -0.0155. The normalized spacial score (nSPS) is 21.8. The van der Waals surface area contributed by atoms with Gasteiger partial charge in [-0.15, -0.1) is 0 Å². The summed E-state index contributed by atoms with van der Waals surface area (Å²) in [4.78, 5) is 0. The first-order valence-corrected chi connectivity index (χ1v) is 4.52. The molecule has 0 bridgehead atoms. The molecule has 2 aliphatic rings. The number of nitrogens with one attached hydrogen (secondary N) is 1. The van der Waals surface area contributed by atoms with Crippen LogP contribution in [0, 0.1) is 0 Å². The van der Waals surface area contributed by atoms with E-state index in [2.05, 4.69) is 5.32 Å². The van der Waals surface area contributed by atoms with Gasteiger partial charge in [0.2, 0.25) is 0 Å². The first kappa shape index (κ1) is 7.21. The third-order valence-corrected chi connectivity index (χ3v) is 3.08. The zero-order chi connectivity index (χ0) is 9.05. The van der Waals surface area contributed by atoms with Crippen molar-refractivity contribution in [3.05, 3.63) is 23.3 Å². The standard InChI is InChI=1S/C10H11NO2/c12-8-3-6-5-11-10(1-2-10)7(6)4-9(8)13/h3-4,11-13H,1-2,5H2. The zero-order valence-electron chi connectivity index (χ0n) is 7.17. The van der Waals surface area contributed by atoms with Gasteiger partial charge in [-0.25, -0.2) is 0 Å². The van der Waals surface area contributed by atoms with Gasteiger partial charge in [0.15, 0.2) is 11.5 Å². The maximum atomic E-state index is 9.37. The number of fused-ring (bicyclic) bond motifs is 2. The fourth-order valence-corrected chi connectivity index (χ4v) is 2.14. The molecule has 1 aliphatic carbocycles. The molecule has 1 aromatic rings. The van der Waals surface area contributed by atoms with Crippen LogP contribution in [0.15, 0.2) is 12.1 Å². The molecule has 0 amide bonds. The molecule has 1 saturated carbocycles. The molecular formula is C10H11NO2. The van der Waals surface area contributed by atoms with E-state index in [1.165, 1.54) is 5.56 Å². The largest absolute Gasteiger partial charge is 0.504 e. The molecule has 3 nitrogen and oxygen atoms in total. The van der Waals surface area contributed by atoms with E-state index in [0.29, 0.717) is 0 Å². The minimum absolute atomic E-state index is 0.00581. The number of phenols is 2. The van der Waals surface area contributed by atoms with Gasteiger partial charge in [0.05, 0.1) is 0 Å². The van der Waals surface area contributed by atoms with Crippen molar-refractivity contribution in [1.29, 1.82) is 0 Å². The predicted octanol–water partition coefficient (Wildman–Crippen LogP) is 1.19. The van der Waals surface area contributed by atoms with E-state index < -0.39 is 0 Å². The Morgan fingerprint density at radius 1 is 1.15 bits per heavy atom. The van der Waals surface area contributed by atoms with Gasteiger partial charge in [-0.05, 0) is 36.1 Å². The molecule has 0 aromatic heterocycles. The van der Waals surface area contributed by atoms with Gasteiger partial charge >= 0.3 is 0 Å². The molecule has 1 aromatic carbocycles. The highest BCUT2D eigenvalue weighted by Gasteiger charge is 2.48. The maximum absolute atomic E-state index is 9.37. The van der Waals surface area contributed by atoms with E-state index in [9.17, 15) is 10.2 Å². The number of hydrogen-bond acceptors (Lipinski definition) is 3. The first-order valence-electron chi connectivity index (χ1n) is 4.52. The van der Waals surface area contributed by atoms with Crippen LogP contribution in [0.1, 0.15) is 24.0 Å². The molecule has 3 N–H and O–H groups in total. The Kier molecular flexibility index (Phi) is 1.10. The Balaban J connectivity index is 2.21. The summed E-state index contributed by atoms with van der Waals surface area (Å²) < 4.78 is 0. The zero-order valence-corrected chi connectivity index (χ0v) is 7.17. The van der Waals surface area contributed by atoms with Crippen LogP contribution in [0.4, 0.5) is 0 Å². The number of hydrogen-bond donors (Lipinski definition) is 3. The highest BCUT2D eigenvalue weighted by Crippen LogP contribution is 2.52. The topological polar surface area (TPSA) is 52.5 Å². The molecule has 3 heteroatoms. The van der Waals surface area contributed by atoms with Crippen molar-refractivity contribution >= 4 is 0 Å². The lowest BCUT2D eigenvalue weighted by molar-refractivity contribution is 0.402. The summed E-state index contributed by atoms with van der Waals surface area (Å²) in [6.45, 7) is 0.809. The van der Waals surface area contributed by atoms with E-state index in [-0.39, 0.29) is 17.0 Å². The smallest absolute Gasteiger partial charge is 0.157 e. The molecule has 1 heterocycles. The molecule has 1 aliphatic heterocycles. The third kappa shape index (κ3) is 0.823. The van der Waals surface area contributed by atoms with Gasteiger partial charge in [-0.2, -0.15) is 0 Å². The average molecular weight is 177 g/mol. The van der Waals surface area contributed by atoms with Crippen LogP contribution in [0.3, 0.4) is 0 Å². The summed E-state index contributed by atoms with van der Waals surface area (Å²) in [5.41, 5.74) is 2.43. The number of phenolic OH excluding ortho intramolecular Hbond substituents is 2. The summed E-state index contributed by atoms with van der Waals surface area (Å²) in [6, 6.07) is 3.35. The van der Waals surface area contributed by atoms with Crippen LogP contribution in [-0.2, 0) is 12.1 Å². The van der Waals surface area contributed by atoms with Gasteiger partial charge in [0, 0.05) is 12.1 Å². The van der Waals surface area contributed by atoms with Crippen LogP contribution in [0.25, 0.3) is 0 Å². The van der Waals surface area contributed by atoms with Crippen molar-refractivity contribution in [2.24, 2.45) is 0 Å². The fraction of sp³-hybridized carbons (Fsp3) is 0.400. The number of rotatable bonds is 0. The lowest BCUT2D eigenvalue weighted by Crippen LogP contribution is -2.19. The van der Waals surface area contributed by atoms with E-state index in [0.717, 1.165) is 24.9 Å². The number of benzene rings is 1. The quantitative estimate of drug-likeness (QED) is 0.522. The molecule has 68 valence electrons. The summed E-state index contributed by atoms with van der Waals surface area (Å²) in [6.07, 6.45) is 2.29. The van der Waals surface area contributed by atoms with E-state index in [4.69, 9.17) is 0 Å². The lowest BCUT2D eigenvalue weighted by Gasteiger charge is -2.08. The van der Waals surface area contributed by atoms with Gasteiger partial charge in [-0.3, -0.25) is 0 Å². The number of aromatic hydroxyl groups is 2. The SMILES string of the molecule is Oc1cc2c(cc1O)C1(CC1)NC2.